The van der Waals surface area contributed by atoms with Gasteiger partial charge in [-0.2, -0.15) is 0 Å². The van der Waals surface area contributed by atoms with E-state index in [1.165, 1.54) is 12.0 Å². The molecule has 2 aliphatic rings. The molecule has 0 spiro atoms. The molecule has 6 heteroatoms. The highest BCUT2D eigenvalue weighted by Gasteiger charge is 2.34. The Morgan fingerprint density at radius 3 is 2.48 bits per heavy atom. The summed E-state index contributed by atoms with van der Waals surface area (Å²) in [5.74, 6) is -0.471. The average molecular weight is 313 g/mol. The number of imide groups is 1. The number of rotatable bonds is 3. The van der Waals surface area contributed by atoms with Crippen molar-refractivity contribution in [3.05, 3.63) is 47.0 Å². The molecule has 0 saturated carbocycles. The van der Waals surface area contributed by atoms with Gasteiger partial charge in [0.1, 0.15) is 7.11 Å². The molecule has 0 atom stereocenters. The topological polar surface area (TPSA) is 62.2 Å². The predicted molar refractivity (Wildman–Crippen MR) is 86.5 cm³/mol. The maximum absolute atomic E-state index is 12.4. The molecule has 0 aliphatic carbocycles. The molecule has 2 aliphatic heterocycles. The Kier molecular flexibility index (Phi) is 4.25. The van der Waals surface area contributed by atoms with Gasteiger partial charge in [0, 0.05) is 19.6 Å². The molecule has 0 N–H and O–H groups in total. The molecule has 23 heavy (non-hydrogen) atoms. The van der Waals surface area contributed by atoms with E-state index in [2.05, 4.69) is 10.1 Å². The standard InChI is InChI=1S/C17H19N3O3/c1-19-9-7-12(15(11-19)18-23-2)8-10-20-16(21)13-5-3-4-6-14(13)17(20)22/h3-6,8H,7,9-11H2,1-2H3. The van der Waals surface area contributed by atoms with Crippen molar-refractivity contribution < 1.29 is 14.4 Å². The molecule has 2 heterocycles. The second-order valence-electron chi connectivity index (χ2n) is 5.70. The molecule has 0 radical (unpaired) electrons. The van der Waals surface area contributed by atoms with Crippen LogP contribution in [0.25, 0.3) is 0 Å². The van der Waals surface area contributed by atoms with Crippen LogP contribution in [0.5, 0.6) is 0 Å². The highest BCUT2D eigenvalue weighted by molar-refractivity contribution is 6.21. The van der Waals surface area contributed by atoms with Crippen molar-refractivity contribution in [2.45, 2.75) is 6.42 Å². The van der Waals surface area contributed by atoms with Crippen LogP contribution >= 0.6 is 0 Å². The first-order valence-corrected chi connectivity index (χ1v) is 7.55. The van der Waals surface area contributed by atoms with Crippen molar-refractivity contribution in [3.8, 4) is 0 Å². The number of fused-ring (bicyclic) bond motifs is 1. The van der Waals surface area contributed by atoms with Crippen molar-refractivity contribution in [3.63, 3.8) is 0 Å². The van der Waals surface area contributed by atoms with E-state index >= 15 is 0 Å². The Hall–Kier alpha value is -2.47. The van der Waals surface area contributed by atoms with Crippen LogP contribution < -0.4 is 0 Å². The van der Waals surface area contributed by atoms with Gasteiger partial charge in [0.2, 0.25) is 0 Å². The van der Waals surface area contributed by atoms with Gasteiger partial charge in [-0.3, -0.25) is 14.5 Å². The number of amides is 2. The number of carbonyl (C=O) groups excluding carboxylic acids is 2. The van der Waals surface area contributed by atoms with Crippen LogP contribution in [-0.4, -0.2) is 61.1 Å². The van der Waals surface area contributed by atoms with E-state index in [1.807, 2.05) is 13.1 Å². The zero-order valence-corrected chi connectivity index (χ0v) is 13.3. The molecular weight excluding hydrogens is 294 g/mol. The quantitative estimate of drug-likeness (QED) is 0.627. The lowest BCUT2D eigenvalue weighted by molar-refractivity contribution is 0.0671. The third kappa shape index (κ3) is 2.90. The number of hydrogen-bond acceptors (Lipinski definition) is 5. The van der Waals surface area contributed by atoms with Gasteiger partial charge in [-0.15, -0.1) is 0 Å². The van der Waals surface area contributed by atoms with Crippen molar-refractivity contribution in [2.24, 2.45) is 5.16 Å². The highest BCUT2D eigenvalue weighted by atomic mass is 16.6. The smallest absolute Gasteiger partial charge is 0.261 e. The summed E-state index contributed by atoms with van der Waals surface area (Å²) in [5, 5.41) is 4.06. The number of benzene rings is 1. The minimum Gasteiger partial charge on any atom is -0.399 e. The second-order valence-corrected chi connectivity index (χ2v) is 5.70. The van der Waals surface area contributed by atoms with Gasteiger partial charge in [-0.1, -0.05) is 23.4 Å². The van der Waals surface area contributed by atoms with Crippen molar-refractivity contribution in [2.75, 3.05) is 33.8 Å². The zero-order chi connectivity index (χ0) is 16.4. The number of nitrogens with zero attached hydrogens (tertiary/aromatic N) is 3. The van der Waals surface area contributed by atoms with Crippen LogP contribution in [0.1, 0.15) is 27.1 Å². The molecule has 1 fully saturated rings. The lowest BCUT2D eigenvalue weighted by Gasteiger charge is -2.25. The largest absolute Gasteiger partial charge is 0.399 e. The minimum atomic E-state index is -0.236. The van der Waals surface area contributed by atoms with Gasteiger partial charge >= 0.3 is 0 Å². The molecule has 2 amide bonds. The Bertz CT molecular complexity index is 674. The third-order valence-electron chi connectivity index (χ3n) is 4.15. The van der Waals surface area contributed by atoms with Crippen molar-refractivity contribution in [1.82, 2.24) is 9.80 Å². The van der Waals surface area contributed by atoms with E-state index in [9.17, 15) is 9.59 Å². The molecule has 1 saturated heterocycles. The number of carbonyl (C=O) groups is 2. The second kappa shape index (κ2) is 6.34. The van der Waals surface area contributed by atoms with E-state index in [1.54, 1.807) is 24.3 Å². The summed E-state index contributed by atoms with van der Waals surface area (Å²) in [4.78, 5) is 33.0. The van der Waals surface area contributed by atoms with Gasteiger partial charge in [0.25, 0.3) is 11.8 Å². The van der Waals surface area contributed by atoms with Crippen LogP contribution in [0.15, 0.2) is 41.1 Å². The Morgan fingerprint density at radius 1 is 1.22 bits per heavy atom. The monoisotopic (exact) mass is 313 g/mol. The molecular formula is C17H19N3O3. The first-order valence-electron chi connectivity index (χ1n) is 7.55. The summed E-state index contributed by atoms with van der Waals surface area (Å²) in [5.41, 5.74) is 2.83. The van der Waals surface area contributed by atoms with E-state index in [-0.39, 0.29) is 18.4 Å². The molecule has 1 aromatic carbocycles. The van der Waals surface area contributed by atoms with Crippen LogP contribution in [0.4, 0.5) is 0 Å². The average Bonchev–Trinajstić information content (AvgIpc) is 2.79. The minimum absolute atomic E-state index is 0.236. The summed E-state index contributed by atoms with van der Waals surface area (Å²) in [6, 6.07) is 6.92. The number of hydrogen-bond donors (Lipinski definition) is 0. The highest BCUT2D eigenvalue weighted by Crippen LogP contribution is 2.23. The molecule has 1 aromatic rings. The van der Waals surface area contributed by atoms with Crippen molar-refractivity contribution in [1.29, 1.82) is 0 Å². The third-order valence-corrected chi connectivity index (χ3v) is 4.15. The summed E-state index contributed by atoms with van der Waals surface area (Å²) in [6.45, 7) is 1.87. The maximum atomic E-state index is 12.4. The Morgan fingerprint density at radius 2 is 1.87 bits per heavy atom. The summed E-state index contributed by atoms with van der Waals surface area (Å²) < 4.78 is 0. The molecule has 3 rings (SSSR count). The molecule has 6 nitrogen and oxygen atoms in total. The maximum Gasteiger partial charge on any atom is 0.261 e. The van der Waals surface area contributed by atoms with Crippen LogP contribution in [0.2, 0.25) is 0 Å². The van der Waals surface area contributed by atoms with Gasteiger partial charge in [0.15, 0.2) is 0 Å². The number of likely N-dealkylation sites (tertiary alicyclic amines) is 1. The lowest BCUT2D eigenvalue weighted by Crippen LogP contribution is -2.35. The summed E-state index contributed by atoms with van der Waals surface area (Å²) >= 11 is 0. The van der Waals surface area contributed by atoms with E-state index < -0.39 is 0 Å². The number of oxime groups is 1. The first-order chi connectivity index (χ1) is 11.1. The van der Waals surface area contributed by atoms with Gasteiger partial charge < -0.3 is 9.74 Å². The zero-order valence-electron chi connectivity index (χ0n) is 13.3. The fourth-order valence-corrected chi connectivity index (χ4v) is 2.92. The van der Waals surface area contributed by atoms with Crippen LogP contribution in [0.3, 0.4) is 0 Å². The molecule has 0 bridgehead atoms. The first kappa shape index (κ1) is 15.4. The Labute approximate surface area is 135 Å². The molecule has 0 aromatic heterocycles. The van der Waals surface area contributed by atoms with Gasteiger partial charge in [0.05, 0.1) is 16.8 Å². The van der Waals surface area contributed by atoms with Crippen LogP contribution in [-0.2, 0) is 4.84 Å². The van der Waals surface area contributed by atoms with Gasteiger partial charge in [-0.25, -0.2) is 0 Å². The van der Waals surface area contributed by atoms with Crippen LogP contribution in [0, 0.1) is 0 Å². The summed E-state index contributed by atoms with van der Waals surface area (Å²) in [6.07, 6.45) is 2.73. The number of piperidine rings is 1. The fourth-order valence-electron chi connectivity index (χ4n) is 2.92. The van der Waals surface area contributed by atoms with Crippen molar-refractivity contribution >= 4 is 17.5 Å². The molecule has 120 valence electrons. The summed E-state index contributed by atoms with van der Waals surface area (Å²) in [7, 11) is 3.54. The van der Waals surface area contributed by atoms with E-state index in [0.29, 0.717) is 17.7 Å². The molecule has 0 unspecified atom stereocenters. The predicted octanol–water partition coefficient (Wildman–Crippen LogP) is 1.55. The SMILES string of the molecule is CON=C1CN(C)CCC1=CCN1C(=O)c2ccccc2C1=O. The van der Waals surface area contributed by atoms with Gasteiger partial charge in [-0.05, 0) is 31.2 Å². The Balaban J connectivity index is 1.79. The lowest BCUT2D eigenvalue weighted by atomic mass is 10.0. The van der Waals surface area contributed by atoms with E-state index in [0.717, 1.165) is 24.3 Å². The van der Waals surface area contributed by atoms with E-state index in [4.69, 9.17) is 4.84 Å². The normalized spacial score (nSPS) is 22.1. The fraction of sp³-hybridized carbons (Fsp3) is 0.353.